The topological polar surface area (TPSA) is 51.2 Å². The van der Waals surface area contributed by atoms with Gasteiger partial charge in [0, 0.05) is 38.5 Å². The molecule has 0 saturated carbocycles. The lowest BCUT2D eigenvalue weighted by Gasteiger charge is -1.98. The fourth-order valence-electron chi connectivity index (χ4n) is 1.04. The summed E-state index contributed by atoms with van der Waals surface area (Å²) in [6.07, 6.45) is 2.22. The molecule has 0 aliphatic carbocycles. The molecule has 80 valence electrons. The van der Waals surface area contributed by atoms with Crippen LogP contribution in [0.3, 0.4) is 0 Å². The standard InChI is InChI=1S/C11H18O3/c1-3-9(12)5-7-11(14)8-6-10(13)4-2/h3-8H2,1-2H3. The van der Waals surface area contributed by atoms with Crippen molar-refractivity contribution < 1.29 is 14.4 Å². The van der Waals surface area contributed by atoms with E-state index in [1.807, 2.05) is 0 Å². The van der Waals surface area contributed by atoms with E-state index in [1.54, 1.807) is 13.8 Å². The summed E-state index contributed by atoms with van der Waals surface area (Å²) in [5.41, 5.74) is 0. The van der Waals surface area contributed by atoms with Gasteiger partial charge in [0.15, 0.2) is 0 Å². The molecule has 0 aromatic heterocycles. The van der Waals surface area contributed by atoms with Crippen molar-refractivity contribution in [2.24, 2.45) is 0 Å². The Morgan fingerprint density at radius 3 is 1.21 bits per heavy atom. The van der Waals surface area contributed by atoms with Gasteiger partial charge in [0.1, 0.15) is 17.3 Å². The molecule has 0 bridgehead atoms. The average Bonchev–Trinajstić information content (AvgIpc) is 2.22. The molecule has 0 saturated heterocycles. The molecule has 0 heterocycles. The monoisotopic (exact) mass is 198 g/mol. The van der Waals surface area contributed by atoms with E-state index in [-0.39, 0.29) is 17.3 Å². The number of carbonyl (C=O) groups is 3. The lowest BCUT2D eigenvalue weighted by Crippen LogP contribution is -2.05. The predicted molar refractivity (Wildman–Crippen MR) is 54.1 cm³/mol. The normalized spacial score (nSPS) is 9.86. The minimum Gasteiger partial charge on any atom is -0.300 e. The van der Waals surface area contributed by atoms with Gasteiger partial charge in [-0.1, -0.05) is 13.8 Å². The van der Waals surface area contributed by atoms with Crippen LogP contribution in [0.25, 0.3) is 0 Å². The third-order valence-electron chi connectivity index (χ3n) is 2.15. The average molecular weight is 198 g/mol. The van der Waals surface area contributed by atoms with Crippen LogP contribution >= 0.6 is 0 Å². The predicted octanol–water partition coefficient (Wildman–Crippen LogP) is 2.07. The van der Waals surface area contributed by atoms with E-state index >= 15 is 0 Å². The summed E-state index contributed by atoms with van der Waals surface area (Å²) in [6.45, 7) is 3.57. The molecular weight excluding hydrogens is 180 g/mol. The van der Waals surface area contributed by atoms with Crippen LogP contribution in [0.4, 0.5) is 0 Å². The highest BCUT2D eigenvalue weighted by atomic mass is 16.1. The van der Waals surface area contributed by atoms with Crippen molar-refractivity contribution in [2.75, 3.05) is 0 Å². The van der Waals surface area contributed by atoms with E-state index in [9.17, 15) is 14.4 Å². The van der Waals surface area contributed by atoms with Crippen molar-refractivity contribution in [3.63, 3.8) is 0 Å². The van der Waals surface area contributed by atoms with Gasteiger partial charge in [-0.15, -0.1) is 0 Å². The summed E-state index contributed by atoms with van der Waals surface area (Å²) in [4.78, 5) is 33.0. The molecule has 0 aliphatic rings. The van der Waals surface area contributed by atoms with Crippen LogP contribution in [-0.4, -0.2) is 17.3 Å². The van der Waals surface area contributed by atoms with Crippen LogP contribution in [0, 0.1) is 0 Å². The number of Topliss-reactive ketones (excluding diaryl/α,β-unsaturated/α-hetero) is 3. The number of ketones is 3. The summed E-state index contributed by atoms with van der Waals surface area (Å²) in [5, 5.41) is 0. The van der Waals surface area contributed by atoms with Crippen molar-refractivity contribution in [3.8, 4) is 0 Å². The van der Waals surface area contributed by atoms with Crippen LogP contribution in [0.1, 0.15) is 52.4 Å². The van der Waals surface area contributed by atoms with Gasteiger partial charge in [-0.3, -0.25) is 14.4 Å². The molecule has 0 amide bonds. The molecule has 14 heavy (non-hydrogen) atoms. The molecule has 0 fully saturated rings. The lowest BCUT2D eigenvalue weighted by molar-refractivity contribution is -0.125. The molecule has 0 radical (unpaired) electrons. The summed E-state index contributed by atoms with van der Waals surface area (Å²) in [6, 6.07) is 0. The summed E-state index contributed by atoms with van der Waals surface area (Å²) in [7, 11) is 0. The maximum atomic E-state index is 11.2. The van der Waals surface area contributed by atoms with E-state index in [4.69, 9.17) is 0 Å². The second-order valence-electron chi connectivity index (χ2n) is 3.32. The Bertz CT molecular complexity index is 197. The number of hydrogen-bond acceptors (Lipinski definition) is 3. The zero-order chi connectivity index (χ0) is 11.0. The largest absolute Gasteiger partial charge is 0.300 e. The fourth-order valence-corrected chi connectivity index (χ4v) is 1.04. The first kappa shape index (κ1) is 13.0. The molecule has 3 nitrogen and oxygen atoms in total. The summed E-state index contributed by atoms with van der Waals surface area (Å²) in [5.74, 6) is 0.244. The third-order valence-corrected chi connectivity index (χ3v) is 2.15. The zero-order valence-corrected chi connectivity index (χ0v) is 8.97. The fraction of sp³-hybridized carbons (Fsp3) is 0.727. The maximum absolute atomic E-state index is 11.2. The second kappa shape index (κ2) is 7.42. The first-order valence-electron chi connectivity index (χ1n) is 5.15. The van der Waals surface area contributed by atoms with E-state index in [1.165, 1.54) is 0 Å². The molecule has 0 atom stereocenters. The van der Waals surface area contributed by atoms with Gasteiger partial charge in [-0.05, 0) is 0 Å². The van der Waals surface area contributed by atoms with Gasteiger partial charge in [0.05, 0.1) is 0 Å². The van der Waals surface area contributed by atoms with E-state index in [2.05, 4.69) is 0 Å². The SMILES string of the molecule is CCC(=O)CCC(=O)CCC(=O)CC. The second-order valence-corrected chi connectivity index (χ2v) is 3.32. The van der Waals surface area contributed by atoms with Crippen molar-refractivity contribution >= 4 is 17.3 Å². The van der Waals surface area contributed by atoms with Crippen molar-refractivity contribution in [1.29, 1.82) is 0 Å². The van der Waals surface area contributed by atoms with Gasteiger partial charge >= 0.3 is 0 Å². The quantitative estimate of drug-likeness (QED) is 0.600. The Morgan fingerprint density at radius 2 is 0.929 bits per heavy atom. The molecule has 3 heteroatoms. The Labute approximate surface area is 84.9 Å². The Kier molecular flexibility index (Phi) is 6.89. The van der Waals surface area contributed by atoms with E-state index in [0.29, 0.717) is 38.5 Å². The minimum atomic E-state index is 0.0219. The maximum Gasteiger partial charge on any atom is 0.133 e. The molecule has 0 aromatic carbocycles. The zero-order valence-electron chi connectivity index (χ0n) is 8.97. The van der Waals surface area contributed by atoms with Gasteiger partial charge in [0.25, 0.3) is 0 Å². The van der Waals surface area contributed by atoms with Crippen LogP contribution in [0.15, 0.2) is 0 Å². The lowest BCUT2D eigenvalue weighted by atomic mass is 10.1. The number of rotatable bonds is 8. The molecular formula is C11H18O3. The molecule has 0 aliphatic heterocycles. The number of carbonyl (C=O) groups excluding carboxylic acids is 3. The van der Waals surface area contributed by atoms with Gasteiger partial charge in [-0.25, -0.2) is 0 Å². The van der Waals surface area contributed by atoms with Gasteiger partial charge in [0.2, 0.25) is 0 Å². The summed E-state index contributed by atoms with van der Waals surface area (Å²) >= 11 is 0. The molecule has 0 aromatic rings. The highest BCUT2D eigenvalue weighted by Crippen LogP contribution is 2.02. The van der Waals surface area contributed by atoms with E-state index in [0.717, 1.165) is 0 Å². The molecule has 0 spiro atoms. The molecule has 0 rings (SSSR count). The highest BCUT2D eigenvalue weighted by molar-refractivity contribution is 5.88. The Balaban J connectivity index is 3.56. The minimum absolute atomic E-state index is 0.0219. The van der Waals surface area contributed by atoms with Gasteiger partial charge in [-0.2, -0.15) is 0 Å². The van der Waals surface area contributed by atoms with Crippen molar-refractivity contribution in [1.82, 2.24) is 0 Å². The molecule has 0 N–H and O–H groups in total. The van der Waals surface area contributed by atoms with Crippen molar-refractivity contribution in [3.05, 3.63) is 0 Å². The van der Waals surface area contributed by atoms with E-state index < -0.39 is 0 Å². The van der Waals surface area contributed by atoms with Gasteiger partial charge < -0.3 is 0 Å². The van der Waals surface area contributed by atoms with Crippen LogP contribution in [-0.2, 0) is 14.4 Å². The first-order valence-corrected chi connectivity index (χ1v) is 5.15. The van der Waals surface area contributed by atoms with Crippen molar-refractivity contribution in [2.45, 2.75) is 52.4 Å². The number of hydrogen-bond donors (Lipinski definition) is 0. The Hall–Kier alpha value is -0.990. The molecule has 0 unspecified atom stereocenters. The first-order chi connectivity index (χ1) is 6.60. The third kappa shape index (κ3) is 6.52. The van der Waals surface area contributed by atoms with Crippen LogP contribution < -0.4 is 0 Å². The summed E-state index contributed by atoms with van der Waals surface area (Å²) < 4.78 is 0. The smallest absolute Gasteiger partial charge is 0.133 e. The van der Waals surface area contributed by atoms with Crippen LogP contribution in [0.5, 0.6) is 0 Å². The van der Waals surface area contributed by atoms with Crippen LogP contribution in [0.2, 0.25) is 0 Å². The highest BCUT2D eigenvalue weighted by Gasteiger charge is 2.07. The Morgan fingerprint density at radius 1 is 0.643 bits per heavy atom.